The zero-order valence-electron chi connectivity index (χ0n) is 16.0. The van der Waals surface area contributed by atoms with Gasteiger partial charge in [0.25, 0.3) is 0 Å². The van der Waals surface area contributed by atoms with Gasteiger partial charge in [-0.25, -0.2) is 0 Å². The number of likely N-dealkylation sites (tertiary alicyclic amines) is 1. The highest BCUT2D eigenvalue weighted by molar-refractivity contribution is 5.92. The molecule has 0 atom stereocenters. The van der Waals surface area contributed by atoms with Crippen LogP contribution in [0.15, 0.2) is 24.3 Å². The summed E-state index contributed by atoms with van der Waals surface area (Å²) < 4.78 is 10.5. The Morgan fingerprint density at radius 2 is 1.92 bits per heavy atom. The SMILES string of the molecule is COC(CCN1CCC(c2cccc(NC(=O)C(C)C)c2)CC1)OC. The number of nitrogens with zero attached hydrogens (tertiary/aromatic N) is 1. The van der Waals surface area contributed by atoms with Crippen LogP contribution >= 0.6 is 0 Å². The molecule has 1 aromatic rings. The van der Waals surface area contributed by atoms with Crippen molar-refractivity contribution in [2.24, 2.45) is 5.92 Å². The van der Waals surface area contributed by atoms with Crippen molar-refractivity contribution in [3.63, 3.8) is 0 Å². The number of hydrogen-bond acceptors (Lipinski definition) is 4. The molecule has 140 valence electrons. The number of benzene rings is 1. The molecule has 1 N–H and O–H groups in total. The van der Waals surface area contributed by atoms with Gasteiger partial charge >= 0.3 is 0 Å². The Morgan fingerprint density at radius 3 is 2.52 bits per heavy atom. The number of anilines is 1. The number of hydrogen-bond donors (Lipinski definition) is 1. The molecule has 5 heteroatoms. The van der Waals surface area contributed by atoms with Crippen LogP contribution in [0.1, 0.15) is 44.6 Å². The minimum absolute atomic E-state index is 0.00470. The Hall–Kier alpha value is -1.43. The Bertz CT molecular complexity index is 535. The Balaban J connectivity index is 1.85. The molecule has 1 saturated heterocycles. The number of carbonyl (C=O) groups excluding carboxylic acids is 1. The summed E-state index contributed by atoms with van der Waals surface area (Å²) in [7, 11) is 3.37. The van der Waals surface area contributed by atoms with Crippen molar-refractivity contribution in [2.45, 2.75) is 45.3 Å². The average molecular weight is 348 g/mol. The minimum atomic E-state index is -0.112. The van der Waals surface area contributed by atoms with E-state index in [1.807, 2.05) is 26.0 Å². The first-order valence-corrected chi connectivity index (χ1v) is 9.22. The fourth-order valence-corrected chi connectivity index (χ4v) is 3.27. The molecule has 0 aliphatic carbocycles. The van der Waals surface area contributed by atoms with E-state index in [0.717, 1.165) is 44.6 Å². The molecule has 0 radical (unpaired) electrons. The number of carbonyl (C=O) groups is 1. The quantitative estimate of drug-likeness (QED) is 0.731. The molecular weight excluding hydrogens is 316 g/mol. The zero-order chi connectivity index (χ0) is 18.2. The normalized spacial score (nSPS) is 16.6. The Morgan fingerprint density at radius 1 is 1.24 bits per heavy atom. The number of methoxy groups -OCH3 is 2. The van der Waals surface area contributed by atoms with Gasteiger partial charge in [0.1, 0.15) is 0 Å². The molecule has 0 saturated carbocycles. The van der Waals surface area contributed by atoms with Crippen molar-refractivity contribution in [3.8, 4) is 0 Å². The molecule has 25 heavy (non-hydrogen) atoms. The summed E-state index contributed by atoms with van der Waals surface area (Å²) in [6.07, 6.45) is 3.08. The predicted molar refractivity (Wildman–Crippen MR) is 101 cm³/mol. The lowest BCUT2D eigenvalue weighted by Crippen LogP contribution is -2.35. The summed E-state index contributed by atoms with van der Waals surface area (Å²) in [5, 5.41) is 3.00. The van der Waals surface area contributed by atoms with E-state index >= 15 is 0 Å². The van der Waals surface area contributed by atoms with Crippen LogP contribution in [0.4, 0.5) is 5.69 Å². The predicted octanol–water partition coefficient (Wildman–Crippen LogP) is 3.47. The van der Waals surface area contributed by atoms with Gasteiger partial charge in [-0.05, 0) is 49.5 Å². The van der Waals surface area contributed by atoms with E-state index in [1.54, 1.807) is 14.2 Å². The number of piperidine rings is 1. The second-order valence-corrected chi connectivity index (χ2v) is 7.07. The third-order valence-electron chi connectivity index (χ3n) is 4.94. The lowest BCUT2D eigenvalue weighted by molar-refractivity contribution is -0.118. The van der Waals surface area contributed by atoms with Crippen LogP contribution in [0.25, 0.3) is 0 Å². The maximum atomic E-state index is 11.9. The second kappa shape index (κ2) is 9.90. The van der Waals surface area contributed by atoms with Crippen LogP contribution < -0.4 is 5.32 Å². The van der Waals surface area contributed by atoms with Crippen LogP contribution in [-0.4, -0.2) is 51.0 Å². The van der Waals surface area contributed by atoms with E-state index < -0.39 is 0 Å². The van der Waals surface area contributed by atoms with Gasteiger partial charge in [0.05, 0.1) is 0 Å². The molecule has 1 aliphatic rings. The lowest BCUT2D eigenvalue weighted by Gasteiger charge is -2.33. The Kier molecular flexibility index (Phi) is 7.88. The first-order valence-electron chi connectivity index (χ1n) is 9.22. The lowest BCUT2D eigenvalue weighted by atomic mass is 9.89. The second-order valence-electron chi connectivity index (χ2n) is 7.07. The summed E-state index contributed by atoms with van der Waals surface area (Å²) in [5.41, 5.74) is 2.23. The largest absolute Gasteiger partial charge is 0.356 e. The van der Waals surface area contributed by atoms with Gasteiger partial charge < -0.3 is 19.7 Å². The minimum Gasteiger partial charge on any atom is -0.356 e. The van der Waals surface area contributed by atoms with Crippen LogP contribution in [0.3, 0.4) is 0 Å². The van der Waals surface area contributed by atoms with E-state index in [4.69, 9.17) is 9.47 Å². The molecule has 1 heterocycles. The van der Waals surface area contributed by atoms with Crippen molar-refractivity contribution in [2.75, 3.05) is 39.2 Å². The summed E-state index contributed by atoms with van der Waals surface area (Å²) in [6, 6.07) is 8.32. The molecule has 1 aromatic carbocycles. The summed E-state index contributed by atoms with van der Waals surface area (Å²) in [4.78, 5) is 14.4. The molecule has 1 fully saturated rings. The van der Waals surface area contributed by atoms with E-state index in [1.165, 1.54) is 5.56 Å². The molecular formula is C20H32N2O3. The molecule has 0 unspecified atom stereocenters. The third-order valence-corrected chi connectivity index (χ3v) is 4.94. The first-order chi connectivity index (χ1) is 12.0. The third kappa shape index (κ3) is 6.10. The first kappa shape index (κ1) is 19.9. The van der Waals surface area contributed by atoms with Crippen molar-refractivity contribution in [1.29, 1.82) is 0 Å². The molecule has 1 aliphatic heterocycles. The highest BCUT2D eigenvalue weighted by Crippen LogP contribution is 2.29. The highest BCUT2D eigenvalue weighted by Gasteiger charge is 2.21. The number of amides is 1. The average Bonchev–Trinajstić information content (AvgIpc) is 2.63. The fourth-order valence-electron chi connectivity index (χ4n) is 3.27. The molecule has 0 spiro atoms. The fraction of sp³-hybridized carbons (Fsp3) is 0.650. The van der Waals surface area contributed by atoms with Gasteiger partial charge in [-0.15, -0.1) is 0 Å². The van der Waals surface area contributed by atoms with Gasteiger partial charge in [0.15, 0.2) is 6.29 Å². The van der Waals surface area contributed by atoms with E-state index in [0.29, 0.717) is 5.92 Å². The maximum absolute atomic E-state index is 11.9. The van der Waals surface area contributed by atoms with Crippen molar-refractivity contribution >= 4 is 11.6 Å². The summed E-state index contributed by atoms with van der Waals surface area (Å²) >= 11 is 0. The highest BCUT2D eigenvalue weighted by atomic mass is 16.7. The van der Waals surface area contributed by atoms with Gasteiger partial charge in [-0.3, -0.25) is 4.79 Å². The van der Waals surface area contributed by atoms with Gasteiger partial charge in [0, 0.05) is 38.8 Å². The zero-order valence-corrected chi connectivity index (χ0v) is 16.0. The van der Waals surface area contributed by atoms with Gasteiger partial charge in [-0.1, -0.05) is 26.0 Å². The summed E-state index contributed by atoms with van der Waals surface area (Å²) in [6.45, 7) is 7.00. The van der Waals surface area contributed by atoms with Gasteiger partial charge in [0.2, 0.25) is 5.91 Å². The standard InChI is InChI=1S/C20H32N2O3/c1-15(2)20(23)21-18-7-5-6-17(14-18)16-8-11-22(12-9-16)13-10-19(24-3)25-4/h5-7,14-16,19H,8-13H2,1-4H3,(H,21,23). The van der Waals surface area contributed by atoms with Crippen LogP contribution in [0, 0.1) is 5.92 Å². The van der Waals surface area contributed by atoms with Crippen molar-refractivity contribution in [1.82, 2.24) is 4.90 Å². The van der Waals surface area contributed by atoms with E-state index in [2.05, 4.69) is 22.3 Å². The van der Waals surface area contributed by atoms with E-state index in [-0.39, 0.29) is 18.1 Å². The number of ether oxygens (including phenoxy) is 2. The number of rotatable bonds is 8. The molecule has 0 bridgehead atoms. The Labute approximate surface area is 151 Å². The van der Waals surface area contributed by atoms with E-state index in [9.17, 15) is 4.79 Å². The number of nitrogens with one attached hydrogen (secondary N) is 1. The van der Waals surface area contributed by atoms with Crippen molar-refractivity contribution in [3.05, 3.63) is 29.8 Å². The molecule has 2 rings (SSSR count). The molecule has 1 amide bonds. The van der Waals surface area contributed by atoms with Crippen molar-refractivity contribution < 1.29 is 14.3 Å². The smallest absolute Gasteiger partial charge is 0.226 e. The molecule has 5 nitrogen and oxygen atoms in total. The molecule has 0 aromatic heterocycles. The van der Waals surface area contributed by atoms with Gasteiger partial charge in [-0.2, -0.15) is 0 Å². The maximum Gasteiger partial charge on any atom is 0.226 e. The topological polar surface area (TPSA) is 50.8 Å². The monoisotopic (exact) mass is 348 g/mol. The van der Waals surface area contributed by atoms with Crippen LogP contribution in [0.5, 0.6) is 0 Å². The summed E-state index contributed by atoms with van der Waals surface area (Å²) in [5.74, 6) is 0.625. The van der Waals surface area contributed by atoms with Crippen LogP contribution in [-0.2, 0) is 14.3 Å². The van der Waals surface area contributed by atoms with Crippen LogP contribution in [0.2, 0.25) is 0 Å².